The van der Waals surface area contributed by atoms with Crippen LogP contribution in [0.1, 0.15) is 29.6 Å². The molecule has 1 amide bonds. The summed E-state index contributed by atoms with van der Waals surface area (Å²) in [5.74, 6) is 0.104. The number of carbonyl (C=O) groups excluding carboxylic acids is 1. The Kier molecular flexibility index (Phi) is 6.23. The van der Waals surface area contributed by atoms with E-state index < -0.39 is 12.5 Å². The van der Waals surface area contributed by atoms with Crippen molar-refractivity contribution in [1.29, 1.82) is 0 Å². The summed E-state index contributed by atoms with van der Waals surface area (Å²) < 4.78 is 44.2. The zero-order valence-corrected chi connectivity index (χ0v) is 18.8. The Bertz CT molecular complexity index is 1190. The second kappa shape index (κ2) is 9.46. The van der Waals surface area contributed by atoms with Crippen LogP contribution in [-0.4, -0.2) is 66.2 Å². The summed E-state index contributed by atoms with van der Waals surface area (Å²) in [5, 5.41) is 2.80. The molecule has 2 fully saturated rings. The van der Waals surface area contributed by atoms with Crippen molar-refractivity contribution in [3.63, 3.8) is 0 Å². The molecule has 3 heterocycles. The maximum atomic E-state index is 13.2. The van der Waals surface area contributed by atoms with Crippen molar-refractivity contribution in [2.75, 3.05) is 33.4 Å². The summed E-state index contributed by atoms with van der Waals surface area (Å²) in [6.07, 6.45) is 6.41. The number of hydrogen-bond acceptors (Lipinski definition) is 6. The second-order valence-electron chi connectivity index (χ2n) is 8.46. The summed E-state index contributed by atoms with van der Waals surface area (Å²) in [6.45, 7) is 0.630. The monoisotopic (exact) mass is 472 g/mol. The van der Waals surface area contributed by atoms with Crippen molar-refractivity contribution in [1.82, 2.24) is 19.6 Å². The molecule has 0 radical (unpaired) electrons. The third-order valence-corrected chi connectivity index (χ3v) is 6.05. The fraction of sp³-hybridized carbons (Fsp3) is 0.417. The van der Waals surface area contributed by atoms with Gasteiger partial charge in [-0.1, -0.05) is 0 Å². The van der Waals surface area contributed by atoms with Crippen LogP contribution in [0.25, 0.3) is 16.9 Å². The molecule has 1 aliphatic carbocycles. The first-order chi connectivity index (χ1) is 16.5. The van der Waals surface area contributed by atoms with E-state index in [1.807, 2.05) is 22.7 Å². The smallest absolute Gasteiger partial charge is 0.387 e. The first-order valence-corrected chi connectivity index (χ1v) is 11.3. The zero-order valence-electron chi connectivity index (χ0n) is 18.8. The van der Waals surface area contributed by atoms with Gasteiger partial charge in [-0.3, -0.25) is 14.1 Å². The summed E-state index contributed by atoms with van der Waals surface area (Å²) >= 11 is 0. The van der Waals surface area contributed by atoms with Gasteiger partial charge in [-0.2, -0.15) is 8.78 Å². The number of methoxy groups -OCH3 is 1. The molecular formula is C24H26F2N4O4. The Morgan fingerprint density at radius 1 is 1.24 bits per heavy atom. The van der Waals surface area contributed by atoms with E-state index in [0.29, 0.717) is 29.3 Å². The number of aromatic nitrogens is 2. The number of imidazole rings is 1. The summed E-state index contributed by atoms with van der Waals surface area (Å²) in [4.78, 5) is 19.5. The highest BCUT2D eigenvalue weighted by Gasteiger charge is 2.29. The number of fused-ring (bicyclic) bond motifs is 1. The standard InChI is InChI=1S/C24H26F2N4O4/c1-32-19-11-15(12-20(34-24(25)26)22(19)23(31)28-16-3-4-16)18-14-27-21-13-17(5-8-30(18)21)33-10-9-29-6-2-7-29/h5,8,11-14,16,24H,2-4,6-7,9-10H2,1H3,(H,28,31). The average molecular weight is 472 g/mol. The number of hydrogen-bond donors (Lipinski definition) is 1. The summed E-state index contributed by atoms with van der Waals surface area (Å²) in [6, 6.07) is 6.75. The number of alkyl halides is 2. The molecule has 2 aliphatic rings. The van der Waals surface area contributed by atoms with Gasteiger partial charge in [0.1, 0.15) is 35.1 Å². The number of benzene rings is 1. The maximum Gasteiger partial charge on any atom is 0.387 e. The Morgan fingerprint density at radius 3 is 2.71 bits per heavy atom. The molecule has 8 nitrogen and oxygen atoms in total. The lowest BCUT2D eigenvalue weighted by molar-refractivity contribution is -0.0502. The van der Waals surface area contributed by atoms with Gasteiger partial charge < -0.3 is 19.5 Å². The highest BCUT2D eigenvalue weighted by atomic mass is 19.3. The molecule has 180 valence electrons. The number of halogens is 2. The lowest BCUT2D eigenvalue weighted by Gasteiger charge is -2.30. The van der Waals surface area contributed by atoms with Crippen molar-refractivity contribution in [3.8, 4) is 28.5 Å². The molecule has 5 rings (SSSR count). The first kappa shape index (κ1) is 22.4. The molecule has 0 unspecified atom stereocenters. The highest BCUT2D eigenvalue weighted by molar-refractivity contribution is 6.01. The van der Waals surface area contributed by atoms with Crippen molar-refractivity contribution >= 4 is 11.6 Å². The summed E-state index contributed by atoms with van der Waals surface area (Å²) in [7, 11) is 1.39. The van der Waals surface area contributed by atoms with E-state index in [0.717, 1.165) is 32.5 Å². The van der Waals surface area contributed by atoms with E-state index in [-0.39, 0.29) is 23.1 Å². The number of likely N-dealkylation sites (tertiary alicyclic amines) is 1. The number of carbonyl (C=O) groups is 1. The van der Waals surface area contributed by atoms with Gasteiger partial charge in [-0.25, -0.2) is 4.98 Å². The van der Waals surface area contributed by atoms with Crippen LogP contribution >= 0.6 is 0 Å². The van der Waals surface area contributed by atoms with E-state index in [1.54, 1.807) is 12.3 Å². The van der Waals surface area contributed by atoms with Crippen LogP contribution in [0.5, 0.6) is 17.2 Å². The SMILES string of the molecule is COc1cc(-c2cnc3cc(OCCN4CCC4)ccn23)cc(OC(F)F)c1C(=O)NC1CC1. The minimum absolute atomic E-state index is 0.0508. The number of rotatable bonds is 10. The van der Waals surface area contributed by atoms with Crippen LogP contribution in [0.2, 0.25) is 0 Å². The normalized spacial score (nSPS) is 15.9. The lowest BCUT2D eigenvalue weighted by Crippen LogP contribution is -2.39. The molecule has 0 spiro atoms. The highest BCUT2D eigenvalue weighted by Crippen LogP contribution is 2.37. The fourth-order valence-corrected chi connectivity index (χ4v) is 3.96. The molecule has 1 saturated heterocycles. The van der Waals surface area contributed by atoms with Gasteiger partial charge in [0, 0.05) is 30.4 Å². The maximum absolute atomic E-state index is 13.2. The van der Waals surface area contributed by atoms with Crippen LogP contribution < -0.4 is 19.5 Å². The van der Waals surface area contributed by atoms with E-state index in [4.69, 9.17) is 14.2 Å². The van der Waals surface area contributed by atoms with E-state index >= 15 is 0 Å². The van der Waals surface area contributed by atoms with Gasteiger partial charge in [0.05, 0.1) is 19.0 Å². The van der Waals surface area contributed by atoms with E-state index in [1.165, 1.54) is 19.6 Å². The minimum atomic E-state index is -3.09. The van der Waals surface area contributed by atoms with E-state index in [2.05, 4.69) is 15.2 Å². The quantitative estimate of drug-likeness (QED) is 0.486. The fourth-order valence-electron chi connectivity index (χ4n) is 3.96. The molecule has 34 heavy (non-hydrogen) atoms. The number of ether oxygens (including phenoxy) is 3. The van der Waals surface area contributed by atoms with Crippen molar-refractivity contribution in [2.24, 2.45) is 0 Å². The first-order valence-electron chi connectivity index (χ1n) is 11.3. The Morgan fingerprint density at radius 2 is 2.03 bits per heavy atom. The molecule has 0 atom stereocenters. The predicted molar refractivity (Wildman–Crippen MR) is 121 cm³/mol. The van der Waals surface area contributed by atoms with Crippen LogP contribution in [0.3, 0.4) is 0 Å². The van der Waals surface area contributed by atoms with Crippen LogP contribution in [0.4, 0.5) is 8.78 Å². The van der Waals surface area contributed by atoms with Crippen molar-refractivity contribution < 1.29 is 27.8 Å². The Hall–Kier alpha value is -3.40. The Balaban J connectivity index is 1.44. The van der Waals surface area contributed by atoms with Gasteiger partial charge in [-0.15, -0.1) is 0 Å². The minimum Gasteiger partial charge on any atom is -0.496 e. The summed E-state index contributed by atoms with van der Waals surface area (Å²) in [5.41, 5.74) is 1.75. The van der Waals surface area contributed by atoms with Crippen LogP contribution in [0, 0.1) is 0 Å². The molecule has 3 aromatic rings. The third-order valence-electron chi connectivity index (χ3n) is 6.05. The number of nitrogens with one attached hydrogen (secondary N) is 1. The zero-order chi connectivity index (χ0) is 23.7. The van der Waals surface area contributed by atoms with Gasteiger partial charge in [0.25, 0.3) is 5.91 Å². The largest absolute Gasteiger partial charge is 0.496 e. The molecule has 10 heteroatoms. The van der Waals surface area contributed by atoms with Crippen molar-refractivity contribution in [2.45, 2.75) is 31.9 Å². The van der Waals surface area contributed by atoms with E-state index in [9.17, 15) is 13.6 Å². The third kappa shape index (κ3) is 4.77. The van der Waals surface area contributed by atoms with Gasteiger partial charge in [0.15, 0.2) is 0 Å². The van der Waals surface area contributed by atoms with Crippen LogP contribution in [-0.2, 0) is 0 Å². The van der Waals surface area contributed by atoms with Gasteiger partial charge in [0.2, 0.25) is 0 Å². The topological polar surface area (TPSA) is 77.3 Å². The van der Waals surface area contributed by atoms with Crippen LogP contribution in [0.15, 0.2) is 36.7 Å². The second-order valence-corrected chi connectivity index (χ2v) is 8.46. The number of amides is 1. The molecule has 1 N–H and O–H groups in total. The van der Waals surface area contributed by atoms with Crippen molar-refractivity contribution in [3.05, 3.63) is 42.2 Å². The average Bonchev–Trinajstić information content (AvgIpc) is 3.49. The molecule has 0 bridgehead atoms. The molecule has 2 aromatic heterocycles. The number of pyridine rings is 1. The molecule has 1 aliphatic heterocycles. The Labute approximate surface area is 195 Å². The van der Waals surface area contributed by atoms with Gasteiger partial charge >= 0.3 is 6.61 Å². The number of nitrogens with zero attached hydrogens (tertiary/aromatic N) is 3. The predicted octanol–water partition coefficient (Wildman–Crippen LogP) is 3.59. The van der Waals surface area contributed by atoms with Gasteiger partial charge in [-0.05, 0) is 50.6 Å². The molecule has 1 saturated carbocycles. The molecule has 1 aromatic carbocycles. The molecular weight excluding hydrogens is 446 g/mol. The lowest BCUT2D eigenvalue weighted by atomic mass is 10.1.